The Morgan fingerprint density at radius 3 is 2.78 bits per heavy atom. The molecule has 1 N–H and O–H groups in total. The molecule has 0 aliphatic carbocycles. The molecule has 1 amide bonds. The molecule has 0 radical (unpaired) electrons. The summed E-state index contributed by atoms with van der Waals surface area (Å²) < 4.78 is 32.0. The summed E-state index contributed by atoms with van der Waals surface area (Å²) in [4.78, 5) is 12.0. The number of carbonyl (C=O) groups is 1. The molecule has 11 heteroatoms. The van der Waals surface area contributed by atoms with Crippen molar-refractivity contribution in [3.63, 3.8) is 0 Å². The van der Waals surface area contributed by atoms with Gasteiger partial charge in [0.05, 0.1) is 31.6 Å². The molecule has 1 aliphatic rings. The van der Waals surface area contributed by atoms with Crippen LogP contribution in [0.25, 0.3) is 0 Å². The number of aryl methyl sites for hydroxylation is 2. The number of amides is 1. The summed E-state index contributed by atoms with van der Waals surface area (Å²) in [6.07, 6.45) is 0.218. The predicted molar refractivity (Wildman–Crippen MR) is 80.9 cm³/mol. The maximum atomic E-state index is 12.0. The lowest BCUT2D eigenvalue weighted by molar-refractivity contribution is -0.122. The van der Waals surface area contributed by atoms with E-state index in [1.165, 1.54) is 18.4 Å². The summed E-state index contributed by atoms with van der Waals surface area (Å²) in [5.41, 5.74) is 0. The first kappa shape index (κ1) is 17.8. The third-order valence-electron chi connectivity index (χ3n) is 3.79. The number of carbonyl (C=O) groups excluding carboxylic acids is 1. The summed E-state index contributed by atoms with van der Waals surface area (Å²) in [5, 5.41) is 13.9. The van der Waals surface area contributed by atoms with Gasteiger partial charge in [-0.3, -0.25) is 4.79 Å². The van der Waals surface area contributed by atoms with Gasteiger partial charge < -0.3 is 10.1 Å². The molecule has 2 heterocycles. The van der Waals surface area contributed by atoms with Crippen molar-refractivity contribution in [3.05, 3.63) is 5.82 Å². The van der Waals surface area contributed by atoms with Crippen LogP contribution >= 0.6 is 0 Å². The van der Waals surface area contributed by atoms with Crippen molar-refractivity contribution in [2.75, 3.05) is 33.1 Å². The fraction of sp³-hybridized carbons (Fsp3) is 0.833. The Hall–Kier alpha value is -1.59. The Labute approximate surface area is 135 Å². The van der Waals surface area contributed by atoms with E-state index in [2.05, 4.69) is 20.8 Å². The second kappa shape index (κ2) is 7.32. The van der Waals surface area contributed by atoms with Gasteiger partial charge in [-0.25, -0.2) is 17.4 Å². The Balaban J connectivity index is 1.86. The maximum absolute atomic E-state index is 12.0. The number of nitrogens with zero attached hydrogens (tertiary/aromatic N) is 5. The molecular weight excluding hydrogens is 324 g/mol. The van der Waals surface area contributed by atoms with Gasteiger partial charge in [-0.2, -0.15) is 0 Å². The fourth-order valence-electron chi connectivity index (χ4n) is 2.28. The lowest BCUT2D eigenvalue weighted by Gasteiger charge is -2.21. The van der Waals surface area contributed by atoms with Crippen LogP contribution in [0.1, 0.15) is 12.2 Å². The molecule has 0 aromatic carbocycles. The molecule has 2 atom stereocenters. The van der Waals surface area contributed by atoms with Crippen LogP contribution in [-0.4, -0.2) is 77.9 Å². The molecule has 10 nitrogen and oxygen atoms in total. The standard InChI is InChI=1S/C12H22N6O4S/c1-9-14-15-16-18(9)5-4-12(19)13-11-7-22-6-10(11)8-23(20,21)17(2)3/h10-11H,4-8H2,1-3H3,(H,13,19)/t10-,11-/m0/s1. The highest BCUT2D eigenvalue weighted by molar-refractivity contribution is 7.89. The van der Waals surface area contributed by atoms with Crippen molar-refractivity contribution >= 4 is 15.9 Å². The smallest absolute Gasteiger partial charge is 0.222 e. The molecule has 1 fully saturated rings. The van der Waals surface area contributed by atoms with Gasteiger partial charge in [0.15, 0.2) is 0 Å². The monoisotopic (exact) mass is 346 g/mol. The third-order valence-corrected chi connectivity index (χ3v) is 5.75. The van der Waals surface area contributed by atoms with Crippen molar-refractivity contribution in [1.82, 2.24) is 29.8 Å². The van der Waals surface area contributed by atoms with Gasteiger partial charge in [0.1, 0.15) is 5.82 Å². The lowest BCUT2D eigenvalue weighted by atomic mass is 10.1. The number of ether oxygens (including phenoxy) is 1. The van der Waals surface area contributed by atoms with Gasteiger partial charge >= 0.3 is 0 Å². The molecule has 23 heavy (non-hydrogen) atoms. The summed E-state index contributed by atoms with van der Waals surface area (Å²) in [7, 11) is -0.346. The van der Waals surface area contributed by atoms with E-state index >= 15 is 0 Å². The van der Waals surface area contributed by atoms with Crippen molar-refractivity contribution in [2.24, 2.45) is 5.92 Å². The van der Waals surface area contributed by atoms with Gasteiger partial charge in [0, 0.05) is 26.4 Å². The average molecular weight is 346 g/mol. The number of aromatic nitrogens is 4. The minimum absolute atomic E-state index is 0.0446. The number of nitrogens with one attached hydrogen (secondary N) is 1. The van der Waals surface area contributed by atoms with Gasteiger partial charge in [-0.1, -0.05) is 0 Å². The zero-order chi connectivity index (χ0) is 17.0. The van der Waals surface area contributed by atoms with E-state index in [1.807, 2.05) is 0 Å². The zero-order valence-corrected chi connectivity index (χ0v) is 14.3. The molecule has 0 saturated carbocycles. The molecule has 0 unspecified atom stereocenters. The van der Waals surface area contributed by atoms with Crippen molar-refractivity contribution in [3.8, 4) is 0 Å². The summed E-state index contributed by atoms with van der Waals surface area (Å²) in [6, 6.07) is -0.299. The highest BCUT2D eigenvalue weighted by Crippen LogP contribution is 2.17. The molecule has 1 aliphatic heterocycles. The van der Waals surface area contributed by atoms with Crippen LogP contribution in [0.2, 0.25) is 0 Å². The Morgan fingerprint density at radius 2 is 2.17 bits per heavy atom. The van der Waals surface area contributed by atoms with E-state index in [1.54, 1.807) is 11.6 Å². The number of rotatable bonds is 7. The first-order chi connectivity index (χ1) is 10.8. The Morgan fingerprint density at radius 1 is 1.43 bits per heavy atom. The molecular formula is C12H22N6O4S. The summed E-state index contributed by atoms with van der Waals surface area (Å²) in [6.45, 7) is 2.77. The molecule has 1 aromatic heterocycles. The zero-order valence-electron chi connectivity index (χ0n) is 13.5. The quantitative estimate of drug-likeness (QED) is 0.631. The minimum atomic E-state index is -3.33. The van der Waals surface area contributed by atoms with Crippen molar-refractivity contribution in [2.45, 2.75) is 25.9 Å². The van der Waals surface area contributed by atoms with Gasteiger partial charge in [-0.05, 0) is 17.4 Å². The van der Waals surface area contributed by atoms with Crippen LogP contribution in [0.15, 0.2) is 0 Å². The van der Waals surface area contributed by atoms with E-state index in [9.17, 15) is 13.2 Å². The molecule has 1 aromatic rings. The number of hydrogen-bond acceptors (Lipinski definition) is 7. The topological polar surface area (TPSA) is 119 Å². The first-order valence-electron chi connectivity index (χ1n) is 7.29. The van der Waals surface area contributed by atoms with Crippen molar-refractivity contribution in [1.29, 1.82) is 0 Å². The first-order valence-corrected chi connectivity index (χ1v) is 8.90. The van der Waals surface area contributed by atoms with E-state index in [-0.39, 0.29) is 30.0 Å². The van der Waals surface area contributed by atoms with Crippen LogP contribution in [0.4, 0.5) is 0 Å². The van der Waals surface area contributed by atoms with Crippen molar-refractivity contribution < 1.29 is 17.9 Å². The normalized spacial score (nSPS) is 21.7. The van der Waals surface area contributed by atoms with Gasteiger partial charge in [0.2, 0.25) is 15.9 Å². The summed E-state index contributed by atoms with van der Waals surface area (Å²) in [5.74, 6) is 0.164. The molecule has 130 valence electrons. The lowest BCUT2D eigenvalue weighted by Crippen LogP contribution is -2.43. The van der Waals surface area contributed by atoms with Crippen LogP contribution in [0.3, 0.4) is 0 Å². The second-order valence-electron chi connectivity index (χ2n) is 5.73. The Kier molecular flexibility index (Phi) is 5.65. The highest BCUT2D eigenvalue weighted by Gasteiger charge is 2.34. The summed E-state index contributed by atoms with van der Waals surface area (Å²) >= 11 is 0. The second-order valence-corrected chi connectivity index (χ2v) is 7.96. The van der Waals surface area contributed by atoms with E-state index in [4.69, 9.17) is 4.74 Å². The van der Waals surface area contributed by atoms with Crippen LogP contribution < -0.4 is 5.32 Å². The number of sulfonamides is 1. The number of hydrogen-bond donors (Lipinski definition) is 1. The average Bonchev–Trinajstić information content (AvgIpc) is 3.06. The largest absolute Gasteiger partial charge is 0.379 e. The Bertz CT molecular complexity index is 644. The van der Waals surface area contributed by atoms with E-state index in [0.717, 1.165) is 0 Å². The molecule has 0 bridgehead atoms. The van der Waals surface area contributed by atoms with Crippen LogP contribution in [0, 0.1) is 12.8 Å². The van der Waals surface area contributed by atoms with Crippen LogP contribution in [-0.2, 0) is 26.1 Å². The highest BCUT2D eigenvalue weighted by atomic mass is 32.2. The maximum Gasteiger partial charge on any atom is 0.222 e. The molecule has 1 saturated heterocycles. The van der Waals surface area contributed by atoms with Crippen LogP contribution in [0.5, 0.6) is 0 Å². The third kappa shape index (κ3) is 4.69. The van der Waals surface area contributed by atoms with Gasteiger partial charge in [0.25, 0.3) is 0 Å². The predicted octanol–water partition coefficient (Wildman–Crippen LogP) is -1.61. The minimum Gasteiger partial charge on any atom is -0.379 e. The van der Waals surface area contributed by atoms with E-state index in [0.29, 0.717) is 25.6 Å². The number of tetrazole rings is 1. The fourth-order valence-corrected chi connectivity index (χ4v) is 3.45. The van der Waals surface area contributed by atoms with Gasteiger partial charge in [-0.15, -0.1) is 5.10 Å². The molecule has 2 rings (SSSR count). The molecule has 0 spiro atoms. The SMILES string of the molecule is Cc1nnnn1CCC(=O)N[C@H]1COC[C@H]1CS(=O)(=O)N(C)C. The van der Waals surface area contributed by atoms with E-state index < -0.39 is 10.0 Å².